The predicted molar refractivity (Wildman–Crippen MR) is 74.9 cm³/mol. The molecule has 1 aliphatic rings. The molecule has 21 heavy (non-hydrogen) atoms. The minimum Gasteiger partial charge on any atom is -0.390 e. The van der Waals surface area contributed by atoms with Crippen LogP contribution in [0.4, 0.5) is 0 Å². The lowest BCUT2D eigenvalue weighted by Gasteiger charge is -2.17. The van der Waals surface area contributed by atoms with Crippen LogP contribution < -0.4 is 11.1 Å². The van der Waals surface area contributed by atoms with Crippen molar-refractivity contribution in [2.75, 3.05) is 0 Å². The van der Waals surface area contributed by atoms with E-state index in [1.165, 1.54) is 4.68 Å². The summed E-state index contributed by atoms with van der Waals surface area (Å²) < 4.78 is 1.44. The molecule has 7 heteroatoms. The van der Waals surface area contributed by atoms with E-state index in [-0.39, 0.29) is 25.0 Å². The van der Waals surface area contributed by atoms with Gasteiger partial charge >= 0.3 is 0 Å². The van der Waals surface area contributed by atoms with E-state index in [2.05, 4.69) is 15.6 Å². The first-order chi connectivity index (χ1) is 10.2. The molecule has 1 aromatic heterocycles. The van der Waals surface area contributed by atoms with Crippen LogP contribution in [0.25, 0.3) is 0 Å². The molecule has 1 aromatic carbocycles. The van der Waals surface area contributed by atoms with Gasteiger partial charge in [-0.05, 0) is 11.1 Å². The lowest BCUT2D eigenvalue weighted by atomic mass is 10.1. The number of carbonyl (C=O) groups excluding carboxylic acids is 1. The van der Waals surface area contributed by atoms with Gasteiger partial charge < -0.3 is 16.2 Å². The third-order valence-electron chi connectivity index (χ3n) is 3.62. The molecule has 0 spiro atoms. The van der Waals surface area contributed by atoms with Crippen LogP contribution >= 0.6 is 0 Å². The number of aromatic nitrogens is 3. The Bertz CT molecular complexity index is 654. The van der Waals surface area contributed by atoms with Crippen LogP contribution in [0.5, 0.6) is 0 Å². The van der Waals surface area contributed by atoms with Gasteiger partial charge in [0.25, 0.3) is 0 Å². The van der Waals surface area contributed by atoms with Gasteiger partial charge in [0.2, 0.25) is 5.91 Å². The standard InChI is InChI=1S/C14H17N5O2/c15-6-10-7-19(18-17-10)8-13(21)16-14-11-4-2-1-3-9(11)5-12(14)20/h1-4,7,12,14,20H,5-6,8,15H2,(H,16,21)/t12-,14+/m1/s1. The molecular formula is C14H17N5O2. The largest absolute Gasteiger partial charge is 0.390 e. The number of rotatable bonds is 4. The van der Waals surface area contributed by atoms with E-state index >= 15 is 0 Å². The van der Waals surface area contributed by atoms with E-state index in [4.69, 9.17) is 5.73 Å². The maximum Gasteiger partial charge on any atom is 0.242 e. The number of hydrogen-bond donors (Lipinski definition) is 3. The molecule has 0 radical (unpaired) electrons. The third-order valence-corrected chi connectivity index (χ3v) is 3.62. The summed E-state index contributed by atoms with van der Waals surface area (Å²) in [6.45, 7) is 0.342. The van der Waals surface area contributed by atoms with Gasteiger partial charge in [0.05, 0.1) is 24.0 Å². The first kappa shape index (κ1) is 13.7. The molecule has 2 atom stereocenters. The van der Waals surface area contributed by atoms with Crippen LogP contribution in [0.1, 0.15) is 22.9 Å². The Morgan fingerprint density at radius 1 is 1.48 bits per heavy atom. The van der Waals surface area contributed by atoms with Crippen molar-refractivity contribution in [2.24, 2.45) is 5.73 Å². The number of fused-ring (bicyclic) bond motifs is 1. The highest BCUT2D eigenvalue weighted by Gasteiger charge is 2.31. The number of carbonyl (C=O) groups is 1. The normalized spacial score (nSPS) is 20.3. The molecule has 1 amide bonds. The van der Waals surface area contributed by atoms with Crippen molar-refractivity contribution in [1.29, 1.82) is 0 Å². The average molecular weight is 287 g/mol. The number of benzene rings is 1. The monoisotopic (exact) mass is 287 g/mol. The van der Waals surface area contributed by atoms with Crippen LogP contribution in [-0.2, 0) is 24.3 Å². The van der Waals surface area contributed by atoms with Crippen molar-refractivity contribution in [2.45, 2.75) is 31.7 Å². The van der Waals surface area contributed by atoms with E-state index in [0.717, 1.165) is 11.1 Å². The molecule has 110 valence electrons. The fourth-order valence-electron chi connectivity index (χ4n) is 2.62. The van der Waals surface area contributed by atoms with E-state index in [9.17, 15) is 9.90 Å². The second-order valence-corrected chi connectivity index (χ2v) is 5.13. The fourth-order valence-corrected chi connectivity index (χ4v) is 2.62. The summed E-state index contributed by atoms with van der Waals surface area (Å²) >= 11 is 0. The maximum absolute atomic E-state index is 12.1. The van der Waals surface area contributed by atoms with Gasteiger partial charge in [0, 0.05) is 13.0 Å². The molecular weight excluding hydrogens is 270 g/mol. The van der Waals surface area contributed by atoms with Crippen LogP contribution in [0.3, 0.4) is 0 Å². The van der Waals surface area contributed by atoms with Crippen molar-refractivity contribution >= 4 is 5.91 Å². The first-order valence-electron chi connectivity index (χ1n) is 6.81. The Hall–Kier alpha value is -2.25. The number of aliphatic hydroxyl groups excluding tert-OH is 1. The van der Waals surface area contributed by atoms with Crippen LogP contribution in [0.2, 0.25) is 0 Å². The number of nitrogens with one attached hydrogen (secondary N) is 1. The third kappa shape index (κ3) is 2.79. The summed E-state index contributed by atoms with van der Waals surface area (Å²) in [5.41, 5.74) is 8.12. The van der Waals surface area contributed by atoms with Crippen LogP contribution in [0.15, 0.2) is 30.5 Å². The summed E-state index contributed by atoms with van der Waals surface area (Å²) in [4.78, 5) is 12.1. The summed E-state index contributed by atoms with van der Waals surface area (Å²) in [7, 11) is 0. The number of aliphatic hydroxyl groups is 1. The molecule has 0 saturated heterocycles. The maximum atomic E-state index is 12.1. The smallest absolute Gasteiger partial charge is 0.242 e. The molecule has 0 fully saturated rings. The second kappa shape index (κ2) is 5.63. The van der Waals surface area contributed by atoms with Gasteiger partial charge in [-0.2, -0.15) is 0 Å². The van der Waals surface area contributed by atoms with E-state index in [0.29, 0.717) is 12.1 Å². The van der Waals surface area contributed by atoms with Gasteiger partial charge in [0.1, 0.15) is 6.54 Å². The Morgan fingerprint density at radius 3 is 3.05 bits per heavy atom. The lowest BCUT2D eigenvalue weighted by molar-refractivity contribution is -0.123. The molecule has 1 aliphatic carbocycles. The molecule has 1 heterocycles. The molecule has 2 aromatic rings. The average Bonchev–Trinajstić information content (AvgIpc) is 3.04. The molecule has 0 unspecified atom stereocenters. The molecule has 0 saturated carbocycles. The Labute approximate surface area is 121 Å². The Balaban J connectivity index is 1.67. The Morgan fingerprint density at radius 2 is 2.29 bits per heavy atom. The number of amides is 1. The molecule has 4 N–H and O–H groups in total. The first-order valence-corrected chi connectivity index (χ1v) is 6.81. The topological polar surface area (TPSA) is 106 Å². The number of hydrogen-bond acceptors (Lipinski definition) is 5. The Kier molecular flexibility index (Phi) is 3.68. The zero-order valence-corrected chi connectivity index (χ0v) is 11.4. The zero-order valence-electron chi connectivity index (χ0n) is 11.4. The number of nitrogens with two attached hydrogens (primary N) is 1. The van der Waals surface area contributed by atoms with Crippen LogP contribution in [0, 0.1) is 0 Å². The summed E-state index contributed by atoms with van der Waals surface area (Å²) in [6, 6.07) is 7.36. The minimum atomic E-state index is -0.596. The SMILES string of the molecule is NCc1cn(CC(=O)N[C@H]2c3ccccc3C[C@H]2O)nn1. The molecule has 3 rings (SSSR count). The highest BCUT2D eigenvalue weighted by atomic mass is 16.3. The lowest BCUT2D eigenvalue weighted by Crippen LogP contribution is -2.36. The molecule has 0 aliphatic heterocycles. The van der Waals surface area contributed by atoms with E-state index in [1.54, 1.807) is 6.20 Å². The second-order valence-electron chi connectivity index (χ2n) is 5.13. The van der Waals surface area contributed by atoms with E-state index < -0.39 is 6.10 Å². The van der Waals surface area contributed by atoms with Crippen molar-refractivity contribution in [1.82, 2.24) is 20.3 Å². The van der Waals surface area contributed by atoms with Gasteiger partial charge in [-0.3, -0.25) is 4.79 Å². The van der Waals surface area contributed by atoms with Crippen molar-refractivity contribution in [3.63, 3.8) is 0 Å². The minimum absolute atomic E-state index is 0.0540. The van der Waals surface area contributed by atoms with Gasteiger partial charge in [-0.15, -0.1) is 5.10 Å². The molecule has 7 nitrogen and oxygen atoms in total. The van der Waals surface area contributed by atoms with Crippen molar-refractivity contribution in [3.8, 4) is 0 Å². The highest BCUT2D eigenvalue weighted by molar-refractivity contribution is 5.76. The van der Waals surface area contributed by atoms with Crippen molar-refractivity contribution < 1.29 is 9.90 Å². The quantitative estimate of drug-likeness (QED) is 0.703. The predicted octanol–water partition coefficient (Wildman–Crippen LogP) is -0.489. The van der Waals surface area contributed by atoms with Gasteiger partial charge in [0.15, 0.2) is 0 Å². The highest BCUT2D eigenvalue weighted by Crippen LogP contribution is 2.31. The zero-order chi connectivity index (χ0) is 14.8. The summed E-state index contributed by atoms with van der Waals surface area (Å²) in [5, 5.41) is 20.6. The summed E-state index contributed by atoms with van der Waals surface area (Å²) in [6.07, 6.45) is 1.60. The van der Waals surface area contributed by atoms with Gasteiger partial charge in [-0.25, -0.2) is 4.68 Å². The van der Waals surface area contributed by atoms with E-state index in [1.807, 2.05) is 24.3 Å². The molecule has 0 bridgehead atoms. The summed E-state index contributed by atoms with van der Waals surface area (Å²) in [5.74, 6) is -0.218. The van der Waals surface area contributed by atoms with Crippen LogP contribution in [-0.4, -0.2) is 32.1 Å². The van der Waals surface area contributed by atoms with Crippen molar-refractivity contribution in [3.05, 3.63) is 47.3 Å². The number of nitrogens with zero attached hydrogens (tertiary/aromatic N) is 3. The fraction of sp³-hybridized carbons (Fsp3) is 0.357. The van der Waals surface area contributed by atoms with Gasteiger partial charge in [-0.1, -0.05) is 29.5 Å².